The lowest BCUT2D eigenvalue weighted by Crippen LogP contribution is -2.21. The van der Waals surface area contributed by atoms with Crippen molar-refractivity contribution in [1.82, 2.24) is 0 Å². The Kier molecular flexibility index (Phi) is 5.50. The van der Waals surface area contributed by atoms with Crippen LogP contribution < -0.4 is 10.1 Å². The number of carbonyl (C=O) groups is 1. The first-order valence-corrected chi connectivity index (χ1v) is 7.97. The zero-order valence-electron chi connectivity index (χ0n) is 11.4. The second-order valence-corrected chi connectivity index (χ2v) is 6.64. The Morgan fingerprint density at radius 1 is 1.38 bits per heavy atom. The van der Waals surface area contributed by atoms with Crippen molar-refractivity contribution in [3.05, 3.63) is 44.0 Å². The molecule has 2 rings (SSSR count). The van der Waals surface area contributed by atoms with Crippen LogP contribution >= 0.6 is 38.9 Å². The molecule has 1 unspecified atom stereocenters. The molecule has 1 aromatic carbocycles. The number of hydrogen-bond acceptors (Lipinski definition) is 5. The summed E-state index contributed by atoms with van der Waals surface area (Å²) in [4.78, 5) is 12.8. The molecule has 112 valence electrons. The fourth-order valence-electron chi connectivity index (χ4n) is 1.75. The molecule has 2 aromatic rings. The molecule has 0 saturated heterocycles. The average Bonchev–Trinajstić information content (AvgIpc) is 2.83. The van der Waals surface area contributed by atoms with E-state index in [-0.39, 0.29) is 5.97 Å². The molecular weight excluding hydrogens is 378 g/mol. The molecule has 4 nitrogen and oxygen atoms in total. The Labute approximate surface area is 140 Å². The molecule has 0 aliphatic heterocycles. The van der Waals surface area contributed by atoms with Crippen molar-refractivity contribution in [2.24, 2.45) is 0 Å². The summed E-state index contributed by atoms with van der Waals surface area (Å²) in [6, 6.07) is 8.50. The molecule has 1 N–H and O–H groups in total. The molecule has 0 saturated carbocycles. The third kappa shape index (κ3) is 3.90. The van der Waals surface area contributed by atoms with Crippen LogP contribution in [0.2, 0.25) is 4.34 Å². The number of rotatable bonds is 5. The summed E-state index contributed by atoms with van der Waals surface area (Å²) < 4.78 is 11.4. The van der Waals surface area contributed by atoms with E-state index in [0.29, 0.717) is 10.1 Å². The van der Waals surface area contributed by atoms with Gasteiger partial charge in [0, 0.05) is 21.1 Å². The molecule has 0 bridgehead atoms. The Balaban J connectivity index is 2.30. The minimum Gasteiger partial charge on any atom is -0.497 e. The van der Waals surface area contributed by atoms with Crippen molar-refractivity contribution in [3.8, 4) is 5.75 Å². The molecular formula is C14H13BrClNO3S. The van der Waals surface area contributed by atoms with Crippen LogP contribution in [0.3, 0.4) is 0 Å². The van der Waals surface area contributed by atoms with E-state index < -0.39 is 6.04 Å². The third-order valence-corrected chi connectivity index (χ3v) is 5.31. The number of halogens is 2. The Hall–Kier alpha value is -1.24. The Morgan fingerprint density at radius 2 is 2.14 bits per heavy atom. The molecule has 0 aliphatic carbocycles. The van der Waals surface area contributed by atoms with Crippen LogP contribution in [0.4, 0.5) is 5.69 Å². The summed E-state index contributed by atoms with van der Waals surface area (Å²) in [7, 11) is 2.94. The predicted molar refractivity (Wildman–Crippen MR) is 88.4 cm³/mol. The number of hydrogen-bond donors (Lipinski definition) is 1. The minimum absolute atomic E-state index is 0.386. The van der Waals surface area contributed by atoms with Gasteiger partial charge in [-0.05, 0) is 34.1 Å². The number of methoxy groups -OCH3 is 2. The van der Waals surface area contributed by atoms with Crippen molar-refractivity contribution in [1.29, 1.82) is 0 Å². The number of esters is 1. The molecule has 0 fully saturated rings. The first-order chi connectivity index (χ1) is 10.0. The summed E-state index contributed by atoms with van der Waals surface area (Å²) in [6.45, 7) is 0. The summed E-state index contributed by atoms with van der Waals surface area (Å²) >= 11 is 10.7. The van der Waals surface area contributed by atoms with Gasteiger partial charge in [0.05, 0.1) is 14.2 Å². The largest absolute Gasteiger partial charge is 0.497 e. The van der Waals surface area contributed by atoms with Crippen molar-refractivity contribution >= 4 is 50.5 Å². The number of carbonyl (C=O) groups excluding carboxylic acids is 1. The van der Waals surface area contributed by atoms with Crippen LogP contribution in [0, 0.1) is 0 Å². The van der Waals surface area contributed by atoms with Gasteiger partial charge in [-0.3, -0.25) is 0 Å². The van der Waals surface area contributed by atoms with Crippen LogP contribution in [0.5, 0.6) is 5.75 Å². The van der Waals surface area contributed by atoms with E-state index in [1.807, 2.05) is 24.3 Å². The zero-order valence-corrected chi connectivity index (χ0v) is 14.5. The van der Waals surface area contributed by atoms with Gasteiger partial charge in [0.2, 0.25) is 0 Å². The predicted octanol–water partition coefficient (Wildman–Crippen LogP) is 4.50. The molecule has 0 aliphatic rings. The molecule has 0 spiro atoms. The summed E-state index contributed by atoms with van der Waals surface area (Å²) in [5, 5.41) is 3.14. The molecule has 0 radical (unpaired) electrons. The van der Waals surface area contributed by atoms with E-state index in [9.17, 15) is 4.79 Å². The van der Waals surface area contributed by atoms with Crippen molar-refractivity contribution < 1.29 is 14.3 Å². The minimum atomic E-state index is -0.629. The monoisotopic (exact) mass is 389 g/mol. The molecule has 0 amide bonds. The topological polar surface area (TPSA) is 47.6 Å². The highest BCUT2D eigenvalue weighted by molar-refractivity contribution is 9.10. The van der Waals surface area contributed by atoms with Crippen molar-refractivity contribution in [2.75, 3.05) is 19.5 Å². The quantitative estimate of drug-likeness (QED) is 0.764. The Bertz CT molecular complexity index is 627. The second-order valence-electron chi connectivity index (χ2n) is 4.10. The van der Waals surface area contributed by atoms with Gasteiger partial charge >= 0.3 is 5.97 Å². The smallest absolute Gasteiger partial charge is 0.333 e. The van der Waals surface area contributed by atoms with Gasteiger partial charge in [-0.15, -0.1) is 11.3 Å². The van der Waals surface area contributed by atoms with Crippen LogP contribution in [-0.4, -0.2) is 20.2 Å². The normalized spacial score (nSPS) is 11.8. The highest BCUT2D eigenvalue weighted by Crippen LogP contribution is 2.37. The van der Waals surface area contributed by atoms with Gasteiger partial charge in [-0.2, -0.15) is 0 Å². The number of anilines is 1. The standard InChI is InChI=1S/C14H13BrClNO3S/c1-19-9-5-3-4-8(6-9)17-12(14(18)20-2)11-7-10(15)13(16)21-11/h3-7,12,17H,1-2H3. The lowest BCUT2D eigenvalue weighted by atomic mass is 10.2. The average molecular weight is 391 g/mol. The molecule has 21 heavy (non-hydrogen) atoms. The number of thiophene rings is 1. The van der Waals surface area contributed by atoms with Gasteiger partial charge in [0.1, 0.15) is 10.1 Å². The van der Waals surface area contributed by atoms with Gasteiger partial charge < -0.3 is 14.8 Å². The fourth-order valence-corrected chi connectivity index (χ4v) is 3.53. The highest BCUT2D eigenvalue weighted by atomic mass is 79.9. The number of benzene rings is 1. The SMILES string of the molecule is COC(=O)C(Nc1cccc(OC)c1)c1cc(Br)c(Cl)s1. The van der Waals surface area contributed by atoms with E-state index in [4.69, 9.17) is 21.1 Å². The van der Waals surface area contributed by atoms with Crippen LogP contribution in [-0.2, 0) is 9.53 Å². The Morgan fingerprint density at radius 3 is 2.71 bits per heavy atom. The summed E-state index contributed by atoms with van der Waals surface area (Å²) in [5.41, 5.74) is 0.755. The van der Waals surface area contributed by atoms with Crippen LogP contribution in [0.1, 0.15) is 10.9 Å². The fraction of sp³-hybridized carbons (Fsp3) is 0.214. The van der Waals surface area contributed by atoms with Crippen molar-refractivity contribution in [3.63, 3.8) is 0 Å². The third-order valence-electron chi connectivity index (χ3n) is 2.77. The maximum absolute atomic E-state index is 12.0. The van der Waals surface area contributed by atoms with Gasteiger partial charge in [-0.25, -0.2) is 4.79 Å². The van der Waals surface area contributed by atoms with E-state index in [2.05, 4.69) is 21.2 Å². The van der Waals surface area contributed by atoms with Gasteiger partial charge in [0.25, 0.3) is 0 Å². The first kappa shape index (κ1) is 16.1. The first-order valence-electron chi connectivity index (χ1n) is 5.98. The summed E-state index contributed by atoms with van der Waals surface area (Å²) in [6.07, 6.45) is 0. The van der Waals surface area contributed by atoms with Gasteiger partial charge in [0.15, 0.2) is 6.04 Å². The highest BCUT2D eigenvalue weighted by Gasteiger charge is 2.24. The lowest BCUT2D eigenvalue weighted by Gasteiger charge is -2.16. The molecule has 7 heteroatoms. The van der Waals surface area contributed by atoms with Gasteiger partial charge in [-0.1, -0.05) is 17.7 Å². The number of ether oxygens (including phenoxy) is 2. The van der Waals surface area contributed by atoms with E-state index >= 15 is 0 Å². The molecule has 1 aromatic heterocycles. The molecule has 1 atom stereocenters. The van der Waals surface area contributed by atoms with E-state index in [1.165, 1.54) is 18.4 Å². The van der Waals surface area contributed by atoms with E-state index in [1.54, 1.807) is 13.2 Å². The maximum atomic E-state index is 12.0. The lowest BCUT2D eigenvalue weighted by molar-refractivity contribution is -0.141. The molecule has 1 heterocycles. The van der Waals surface area contributed by atoms with Crippen molar-refractivity contribution in [2.45, 2.75) is 6.04 Å². The zero-order chi connectivity index (χ0) is 15.4. The number of nitrogens with one attached hydrogen (secondary N) is 1. The van der Waals surface area contributed by atoms with Crippen LogP contribution in [0.25, 0.3) is 0 Å². The van der Waals surface area contributed by atoms with Crippen LogP contribution in [0.15, 0.2) is 34.8 Å². The maximum Gasteiger partial charge on any atom is 0.333 e. The second kappa shape index (κ2) is 7.15. The summed E-state index contributed by atoms with van der Waals surface area (Å²) in [5.74, 6) is 0.317. The van der Waals surface area contributed by atoms with E-state index in [0.717, 1.165) is 15.0 Å².